The third-order valence-corrected chi connectivity index (χ3v) is 5.78. The summed E-state index contributed by atoms with van der Waals surface area (Å²) in [6.07, 6.45) is 7.40. The monoisotopic (exact) mass is 304 g/mol. The Morgan fingerprint density at radius 1 is 1.38 bits per heavy atom. The van der Waals surface area contributed by atoms with Crippen molar-refractivity contribution in [2.24, 2.45) is 0 Å². The second-order valence-electron chi connectivity index (χ2n) is 6.24. The number of carbonyl (C=O) groups is 1. The first kappa shape index (κ1) is 14.8. The van der Waals surface area contributed by atoms with Crippen molar-refractivity contribution in [3.63, 3.8) is 0 Å². The molecule has 1 spiro atoms. The minimum Gasteiger partial charge on any atom is -0.341 e. The number of piperidine rings is 1. The van der Waals surface area contributed by atoms with Gasteiger partial charge in [0.25, 0.3) is 0 Å². The summed E-state index contributed by atoms with van der Waals surface area (Å²) in [6.45, 7) is 7.82. The van der Waals surface area contributed by atoms with E-state index < -0.39 is 0 Å². The number of hydrogen-bond acceptors (Lipinski definition) is 3. The van der Waals surface area contributed by atoms with Gasteiger partial charge in [0.2, 0.25) is 5.91 Å². The molecule has 1 atom stereocenters. The van der Waals surface area contributed by atoms with Crippen molar-refractivity contribution in [1.29, 1.82) is 0 Å². The van der Waals surface area contributed by atoms with Gasteiger partial charge in [-0.05, 0) is 43.7 Å². The Morgan fingerprint density at radius 3 is 2.90 bits per heavy atom. The Kier molecular flexibility index (Phi) is 4.45. The Balaban J connectivity index is 1.67. The molecule has 3 rings (SSSR count). The van der Waals surface area contributed by atoms with Gasteiger partial charge in [-0.3, -0.25) is 9.69 Å². The Labute approximate surface area is 131 Å². The Morgan fingerprint density at radius 2 is 2.19 bits per heavy atom. The summed E-state index contributed by atoms with van der Waals surface area (Å²) in [5.41, 5.74) is 0.220. The van der Waals surface area contributed by atoms with Crippen molar-refractivity contribution in [2.75, 3.05) is 26.2 Å². The molecule has 2 aliphatic heterocycles. The summed E-state index contributed by atoms with van der Waals surface area (Å²) in [6, 6.07) is 4.08. The van der Waals surface area contributed by atoms with E-state index in [1.807, 2.05) is 17.5 Å². The standard InChI is InChI=1S/C17H24N2OS/c1-2-9-19-11-5-8-17(19)7-4-10-18(14-17)16(20)13-15-6-3-12-21-15/h2-3,6,12H,1,4-5,7-11,13-14H2. The Bertz CT molecular complexity index is 499. The molecule has 0 aromatic carbocycles. The van der Waals surface area contributed by atoms with E-state index >= 15 is 0 Å². The number of rotatable bonds is 4. The lowest BCUT2D eigenvalue weighted by Gasteiger charge is -2.46. The van der Waals surface area contributed by atoms with Gasteiger partial charge in [-0.15, -0.1) is 17.9 Å². The van der Waals surface area contributed by atoms with E-state index in [0.29, 0.717) is 12.3 Å². The molecule has 1 aromatic rings. The average Bonchev–Trinajstić information content (AvgIpc) is 3.11. The molecule has 0 N–H and O–H groups in total. The van der Waals surface area contributed by atoms with E-state index in [4.69, 9.17) is 0 Å². The van der Waals surface area contributed by atoms with Gasteiger partial charge in [0.15, 0.2) is 0 Å². The third kappa shape index (κ3) is 3.06. The van der Waals surface area contributed by atoms with E-state index in [9.17, 15) is 4.79 Å². The van der Waals surface area contributed by atoms with Gasteiger partial charge in [-0.1, -0.05) is 12.1 Å². The molecule has 1 amide bonds. The lowest BCUT2D eigenvalue weighted by atomic mass is 9.86. The molecule has 3 heterocycles. The van der Waals surface area contributed by atoms with Crippen molar-refractivity contribution >= 4 is 17.2 Å². The minimum absolute atomic E-state index is 0.220. The Hall–Kier alpha value is -1.13. The fourth-order valence-electron chi connectivity index (χ4n) is 3.90. The topological polar surface area (TPSA) is 23.6 Å². The van der Waals surface area contributed by atoms with Crippen molar-refractivity contribution in [3.8, 4) is 0 Å². The van der Waals surface area contributed by atoms with Crippen molar-refractivity contribution < 1.29 is 4.79 Å². The van der Waals surface area contributed by atoms with Gasteiger partial charge >= 0.3 is 0 Å². The molecule has 1 aromatic heterocycles. The molecular weight excluding hydrogens is 280 g/mol. The van der Waals surface area contributed by atoms with E-state index in [1.165, 1.54) is 24.1 Å². The highest BCUT2D eigenvalue weighted by molar-refractivity contribution is 7.10. The lowest BCUT2D eigenvalue weighted by Crippen LogP contribution is -2.57. The van der Waals surface area contributed by atoms with Gasteiger partial charge in [0.1, 0.15) is 0 Å². The van der Waals surface area contributed by atoms with Crippen LogP contribution in [0.25, 0.3) is 0 Å². The summed E-state index contributed by atoms with van der Waals surface area (Å²) < 4.78 is 0. The van der Waals surface area contributed by atoms with Crippen molar-refractivity contribution in [3.05, 3.63) is 35.0 Å². The normalized spacial score (nSPS) is 26.4. The first-order chi connectivity index (χ1) is 10.2. The summed E-state index contributed by atoms with van der Waals surface area (Å²) >= 11 is 1.68. The van der Waals surface area contributed by atoms with Crippen molar-refractivity contribution in [2.45, 2.75) is 37.6 Å². The molecule has 1 unspecified atom stereocenters. The fraction of sp³-hybridized carbons (Fsp3) is 0.588. The smallest absolute Gasteiger partial charge is 0.227 e. The van der Waals surface area contributed by atoms with Gasteiger partial charge in [-0.25, -0.2) is 0 Å². The number of carbonyl (C=O) groups excluding carboxylic acids is 1. The van der Waals surface area contributed by atoms with Crippen LogP contribution in [0.1, 0.15) is 30.6 Å². The quantitative estimate of drug-likeness (QED) is 0.799. The summed E-state index contributed by atoms with van der Waals surface area (Å²) in [5.74, 6) is 0.293. The first-order valence-corrected chi connectivity index (χ1v) is 8.78. The molecule has 2 saturated heterocycles. The molecule has 2 fully saturated rings. The van der Waals surface area contributed by atoms with Crippen molar-refractivity contribution in [1.82, 2.24) is 9.80 Å². The highest BCUT2D eigenvalue weighted by atomic mass is 32.1. The zero-order valence-electron chi connectivity index (χ0n) is 12.6. The molecule has 3 nitrogen and oxygen atoms in total. The second-order valence-corrected chi connectivity index (χ2v) is 7.27. The van der Waals surface area contributed by atoms with E-state index in [0.717, 1.165) is 32.6 Å². The maximum absolute atomic E-state index is 12.6. The van der Waals surface area contributed by atoms with Crippen LogP contribution in [-0.2, 0) is 11.2 Å². The molecule has 4 heteroatoms. The lowest BCUT2D eigenvalue weighted by molar-refractivity contribution is -0.134. The number of nitrogens with zero attached hydrogens (tertiary/aromatic N) is 2. The second kappa shape index (κ2) is 6.32. The molecule has 0 saturated carbocycles. The van der Waals surface area contributed by atoms with E-state index in [-0.39, 0.29) is 5.54 Å². The predicted octanol–water partition coefficient (Wildman–Crippen LogP) is 2.93. The van der Waals surface area contributed by atoms with Crippen LogP contribution in [0.3, 0.4) is 0 Å². The van der Waals surface area contributed by atoms with Crippen LogP contribution in [0.5, 0.6) is 0 Å². The SMILES string of the molecule is C=CCN1CCCC12CCCN(C(=O)Cc1cccs1)C2. The molecule has 0 bridgehead atoms. The van der Waals surface area contributed by atoms with Crippen LogP contribution < -0.4 is 0 Å². The largest absolute Gasteiger partial charge is 0.341 e. The number of thiophene rings is 1. The van der Waals surface area contributed by atoms with Crippen LogP contribution in [-0.4, -0.2) is 47.4 Å². The molecule has 0 radical (unpaired) electrons. The zero-order chi connectivity index (χ0) is 14.7. The van der Waals surface area contributed by atoms with Gasteiger partial charge in [-0.2, -0.15) is 0 Å². The molecule has 0 aliphatic carbocycles. The van der Waals surface area contributed by atoms with Gasteiger partial charge in [0, 0.05) is 30.1 Å². The van der Waals surface area contributed by atoms with Gasteiger partial charge < -0.3 is 4.90 Å². The maximum atomic E-state index is 12.6. The molecule has 114 valence electrons. The van der Waals surface area contributed by atoms with Crippen LogP contribution in [0, 0.1) is 0 Å². The molecule has 2 aliphatic rings. The van der Waals surface area contributed by atoms with Crippen LogP contribution in [0.15, 0.2) is 30.2 Å². The molecule has 21 heavy (non-hydrogen) atoms. The fourth-order valence-corrected chi connectivity index (χ4v) is 4.59. The zero-order valence-corrected chi connectivity index (χ0v) is 13.4. The summed E-state index contributed by atoms with van der Waals surface area (Å²) in [4.78, 5) is 18.4. The van der Waals surface area contributed by atoms with Crippen LogP contribution in [0.2, 0.25) is 0 Å². The highest BCUT2D eigenvalue weighted by Gasteiger charge is 2.44. The minimum atomic E-state index is 0.220. The number of amides is 1. The van der Waals surface area contributed by atoms with Crippen LogP contribution >= 0.6 is 11.3 Å². The summed E-state index contributed by atoms with van der Waals surface area (Å²) in [5, 5.41) is 2.04. The van der Waals surface area contributed by atoms with E-state index in [2.05, 4.69) is 22.4 Å². The van der Waals surface area contributed by atoms with E-state index in [1.54, 1.807) is 11.3 Å². The molecular formula is C17H24N2OS. The highest BCUT2D eigenvalue weighted by Crippen LogP contribution is 2.37. The number of hydrogen-bond donors (Lipinski definition) is 0. The maximum Gasteiger partial charge on any atom is 0.227 e. The van der Waals surface area contributed by atoms with Gasteiger partial charge in [0.05, 0.1) is 6.42 Å². The summed E-state index contributed by atoms with van der Waals surface area (Å²) in [7, 11) is 0. The number of likely N-dealkylation sites (tertiary alicyclic amines) is 2. The first-order valence-electron chi connectivity index (χ1n) is 7.90. The predicted molar refractivity (Wildman–Crippen MR) is 87.6 cm³/mol. The van der Waals surface area contributed by atoms with Crippen LogP contribution in [0.4, 0.5) is 0 Å². The average molecular weight is 304 g/mol. The third-order valence-electron chi connectivity index (χ3n) is 4.90.